The summed E-state index contributed by atoms with van der Waals surface area (Å²) in [5.74, 6) is 0.753. The second-order valence-corrected chi connectivity index (χ2v) is 5.20. The standard InChI is InChI=1S/C13H21N2O3/c1-10(2)3-4-12(16)13-14-9-15(18-13)11-5-7-17-8-6-11/h9-11H,3-8H2,1-2H3/q+1. The van der Waals surface area contributed by atoms with Crippen molar-refractivity contribution in [1.29, 1.82) is 0 Å². The molecular weight excluding hydrogens is 232 g/mol. The summed E-state index contributed by atoms with van der Waals surface area (Å²) in [7, 11) is 0. The molecule has 0 spiro atoms. The second kappa shape index (κ2) is 6.09. The molecule has 18 heavy (non-hydrogen) atoms. The predicted octanol–water partition coefficient (Wildman–Crippen LogP) is 1.93. The molecule has 1 aliphatic heterocycles. The van der Waals surface area contributed by atoms with Crippen molar-refractivity contribution in [2.45, 2.75) is 45.6 Å². The van der Waals surface area contributed by atoms with E-state index >= 15 is 0 Å². The van der Waals surface area contributed by atoms with Crippen LogP contribution in [0.25, 0.3) is 0 Å². The zero-order valence-electron chi connectivity index (χ0n) is 11.1. The van der Waals surface area contributed by atoms with Crippen molar-refractivity contribution in [2.75, 3.05) is 13.2 Å². The molecule has 2 rings (SSSR count). The lowest BCUT2D eigenvalue weighted by molar-refractivity contribution is -0.885. The van der Waals surface area contributed by atoms with Crippen LogP contribution in [0.5, 0.6) is 0 Å². The molecule has 1 aromatic rings. The topological polar surface area (TPSA) is 56.2 Å². The number of hydrogen-bond acceptors (Lipinski definition) is 4. The first-order valence-electron chi connectivity index (χ1n) is 6.65. The molecule has 1 aliphatic rings. The smallest absolute Gasteiger partial charge is 0.381 e. The maximum Gasteiger partial charge on any atom is 0.419 e. The highest BCUT2D eigenvalue weighted by molar-refractivity contribution is 5.91. The minimum Gasteiger partial charge on any atom is -0.381 e. The Morgan fingerprint density at radius 2 is 2.22 bits per heavy atom. The molecule has 0 aliphatic carbocycles. The number of ether oxygens (including phenoxy) is 1. The molecule has 5 nitrogen and oxygen atoms in total. The van der Waals surface area contributed by atoms with Crippen molar-refractivity contribution in [3.8, 4) is 0 Å². The molecule has 0 amide bonds. The first-order chi connectivity index (χ1) is 8.66. The summed E-state index contributed by atoms with van der Waals surface area (Å²) in [5.41, 5.74) is 0. The zero-order valence-corrected chi connectivity index (χ0v) is 11.1. The minimum absolute atomic E-state index is 0.00508. The Balaban J connectivity index is 1.94. The molecule has 100 valence electrons. The van der Waals surface area contributed by atoms with Gasteiger partial charge in [0.15, 0.2) is 0 Å². The fourth-order valence-electron chi connectivity index (χ4n) is 2.01. The molecule has 1 fully saturated rings. The van der Waals surface area contributed by atoms with Gasteiger partial charge < -0.3 is 4.74 Å². The quantitative estimate of drug-likeness (QED) is 0.594. The summed E-state index contributed by atoms with van der Waals surface area (Å²) in [4.78, 5) is 15.9. The molecule has 0 aromatic carbocycles. The maximum absolute atomic E-state index is 11.9. The van der Waals surface area contributed by atoms with Crippen LogP contribution in [0.2, 0.25) is 0 Å². The van der Waals surface area contributed by atoms with E-state index in [1.54, 1.807) is 11.1 Å². The van der Waals surface area contributed by atoms with Crippen LogP contribution in [-0.2, 0) is 4.74 Å². The number of ketones is 1. The van der Waals surface area contributed by atoms with Gasteiger partial charge in [-0.25, -0.2) is 4.52 Å². The van der Waals surface area contributed by atoms with E-state index in [2.05, 4.69) is 18.8 Å². The molecule has 0 saturated carbocycles. The lowest BCUT2D eigenvalue weighted by atomic mass is 10.1. The number of aromatic nitrogens is 2. The largest absolute Gasteiger partial charge is 0.419 e. The number of Topliss-reactive ketones (excluding diaryl/α,β-unsaturated/α-hetero) is 1. The lowest BCUT2D eigenvalue weighted by Gasteiger charge is -2.16. The molecule has 0 atom stereocenters. The highest BCUT2D eigenvalue weighted by atomic mass is 16.5. The van der Waals surface area contributed by atoms with Crippen LogP contribution in [0.3, 0.4) is 0 Å². The highest BCUT2D eigenvalue weighted by Gasteiger charge is 2.27. The number of nitrogens with zero attached hydrogens (tertiary/aromatic N) is 2. The van der Waals surface area contributed by atoms with Crippen LogP contribution in [0.4, 0.5) is 0 Å². The lowest BCUT2D eigenvalue weighted by Crippen LogP contribution is -2.40. The first-order valence-corrected chi connectivity index (χ1v) is 6.65. The SMILES string of the molecule is CC(C)CCC(=O)c1nc[n+](C2CCOCC2)o1. The Kier molecular flexibility index (Phi) is 4.47. The summed E-state index contributed by atoms with van der Waals surface area (Å²) in [6.45, 7) is 5.69. The Bertz CT molecular complexity index is 395. The first kappa shape index (κ1) is 13.2. The van der Waals surface area contributed by atoms with E-state index in [1.165, 1.54) is 0 Å². The predicted molar refractivity (Wildman–Crippen MR) is 64.2 cm³/mol. The summed E-state index contributed by atoms with van der Waals surface area (Å²) >= 11 is 0. The number of carbonyl (C=O) groups is 1. The number of hydrogen-bond donors (Lipinski definition) is 0. The average Bonchev–Trinajstić information content (AvgIpc) is 2.86. The van der Waals surface area contributed by atoms with Gasteiger partial charge in [0.05, 0.1) is 13.2 Å². The molecule has 1 aromatic heterocycles. The van der Waals surface area contributed by atoms with Crippen molar-refractivity contribution in [3.05, 3.63) is 12.2 Å². The van der Waals surface area contributed by atoms with E-state index < -0.39 is 0 Å². The van der Waals surface area contributed by atoms with Gasteiger partial charge >= 0.3 is 12.2 Å². The van der Waals surface area contributed by atoms with Gasteiger partial charge in [0.25, 0.3) is 0 Å². The van der Waals surface area contributed by atoms with Crippen LogP contribution < -0.4 is 4.74 Å². The van der Waals surface area contributed by atoms with Crippen LogP contribution in [0, 0.1) is 5.92 Å². The van der Waals surface area contributed by atoms with Crippen molar-refractivity contribution < 1.29 is 18.8 Å². The third-order valence-corrected chi connectivity index (χ3v) is 3.22. The summed E-state index contributed by atoms with van der Waals surface area (Å²) in [6, 6.07) is 0.276. The molecule has 0 unspecified atom stereocenters. The van der Waals surface area contributed by atoms with Gasteiger partial charge in [-0.3, -0.25) is 4.79 Å². The average molecular weight is 253 g/mol. The Hall–Kier alpha value is -1.23. The maximum atomic E-state index is 11.9. The molecule has 0 radical (unpaired) electrons. The monoisotopic (exact) mass is 253 g/mol. The normalized spacial score (nSPS) is 17.3. The van der Waals surface area contributed by atoms with E-state index in [-0.39, 0.29) is 17.7 Å². The third-order valence-electron chi connectivity index (χ3n) is 3.22. The van der Waals surface area contributed by atoms with Gasteiger partial charge in [-0.1, -0.05) is 18.6 Å². The van der Waals surface area contributed by atoms with Crippen LogP contribution in [-0.4, -0.2) is 24.0 Å². The van der Waals surface area contributed by atoms with Gasteiger partial charge in [0.2, 0.25) is 5.78 Å². The third kappa shape index (κ3) is 3.38. The summed E-state index contributed by atoms with van der Waals surface area (Å²) in [5, 5.41) is 0. The molecule has 0 bridgehead atoms. The van der Waals surface area contributed by atoms with Crippen LogP contribution in [0.15, 0.2) is 10.9 Å². The van der Waals surface area contributed by atoms with E-state index in [9.17, 15) is 4.79 Å². The van der Waals surface area contributed by atoms with E-state index in [0.717, 1.165) is 32.5 Å². The fraction of sp³-hybridized carbons (Fsp3) is 0.769. The fourth-order valence-corrected chi connectivity index (χ4v) is 2.01. The van der Waals surface area contributed by atoms with Crippen LogP contribution in [0.1, 0.15) is 56.3 Å². The number of rotatable bonds is 5. The van der Waals surface area contributed by atoms with Gasteiger partial charge in [-0.05, 0) is 12.3 Å². The summed E-state index contributed by atoms with van der Waals surface area (Å²) in [6.07, 6.45) is 4.84. The van der Waals surface area contributed by atoms with E-state index in [0.29, 0.717) is 12.3 Å². The number of carbonyl (C=O) groups excluding carboxylic acids is 1. The van der Waals surface area contributed by atoms with Crippen molar-refractivity contribution in [3.63, 3.8) is 0 Å². The minimum atomic E-state index is -0.00508. The molecule has 2 heterocycles. The van der Waals surface area contributed by atoms with Crippen molar-refractivity contribution >= 4 is 5.78 Å². The molecule has 1 saturated heterocycles. The van der Waals surface area contributed by atoms with Crippen molar-refractivity contribution in [1.82, 2.24) is 4.98 Å². The van der Waals surface area contributed by atoms with E-state index in [1.807, 2.05) is 0 Å². The summed E-state index contributed by atoms with van der Waals surface area (Å²) < 4.78 is 12.5. The van der Waals surface area contributed by atoms with Gasteiger partial charge in [0.1, 0.15) is 6.04 Å². The Morgan fingerprint density at radius 3 is 2.89 bits per heavy atom. The molecule has 0 N–H and O–H groups in total. The van der Waals surface area contributed by atoms with Crippen LogP contribution >= 0.6 is 0 Å². The molecular formula is C13H21N2O3+. The van der Waals surface area contributed by atoms with E-state index in [4.69, 9.17) is 9.26 Å². The van der Waals surface area contributed by atoms with Gasteiger partial charge in [0, 0.05) is 24.2 Å². The zero-order chi connectivity index (χ0) is 13.0. The van der Waals surface area contributed by atoms with Crippen molar-refractivity contribution in [2.24, 2.45) is 5.92 Å². The second-order valence-electron chi connectivity index (χ2n) is 5.20. The Labute approximate surface area is 107 Å². The Morgan fingerprint density at radius 1 is 1.50 bits per heavy atom. The van der Waals surface area contributed by atoms with Gasteiger partial charge in [-0.2, -0.15) is 0 Å². The highest BCUT2D eigenvalue weighted by Crippen LogP contribution is 2.15. The molecule has 5 heteroatoms. The van der Waals surface area contributed by atoms with Gasteiger partial charge in [-0.15, -0.1) is 0 Å².